The van der Waals surface area contributed by atoms with E-state index in [2.05, 4.69) is 9.72 Å². The lowest BCUT2D eigenvalue weighted by Gasteiger charge is -2.41. The third-order valence-corrected chi connectivity index (χ3v) is 4.45. The van der Waals surface area contributed by atoms with E-state index in [1.54, 1.807) is 30.5 Å². The molecule has 1 saturated carbocycles. The van der Waals surface area contributed by atoms with Crippen LogP contribution in [-0.2, 0) is 16.6 Å². The molecule has 0 saturated heterocycles. The molecule has 0 unspecified atom stereocenters. The Balaban J connectivity index is 1.78. The molecule has 0 spiro atoms. The zero-order valence-electron chi connectivity index (χ0n) is 12.8. The van der Waals surface area contributed by atoms with Crippen LogP contribution in [0.5, 0.6) is 5.75 Å². The molecular formula is C18H16F3NO2. The maximum Gasteiger partial charge on any atom is 0.573 e. The zero-order chi connectivity index (χ0) is 17.2. The number of ether oxygens (including phenoxy) is 1. The molecule has 126 valence electrons. The van der Waals surface area contributed by atoms with Crippen molar-refractivity contribution < 1.29 is 22.7 Å². The summed E-state index contributed by atoms with van der Waals surface area (Å²) in [7, 11) is 0. The van der Waals surface area contributed by atoms with Crippen LogP contribution in [-0.4, -0.2) is 17.1 Å². The van der Waals surface area contributed by atoms with E-state index in [0.29, 0.717) is 18.5 Å². The summed E-state index contributed by atoms with van der Waals surface area (Å²) in [5.41, 5.74) is 0.823. The molecular weight excluding hydrogens is 319 g/mol. The Morgan fingerprint density at radius 3 is 2.33 bits per heavy atom. The maximum atomic E-state index is 12.8. The highest BCUT2D eigenvalue weighted by Gasteiger charge is 2.45. The van der Waals surface area contributed by atoms with Gasteiger partial charge in [0.1, 0.15) is 11.5 Å². The van der Waals surface area contributed by atoms with E-state index >= 15 is 0 Å². The van der Waals surface area contributed by atoms with Crippen LogP contribution in [0.2, 0.25) is 0 Å². The van der Waals surface area contributed by atoms with Gasteiger partial charge in [-0.1, -0.05) is 24.6 Å². The minimum absolute atomic E-state index is 0.0527. The normalized spacial score (nSPS) is 16.3. The van der Waals surface area contributed by atoms with Gasteiger partial charge in [-0.2, -0.15) is 0 Å². The first-order chi connectivity index (χ1) is 11.4. The van der Waals surface area contributed by atoms with Crippen LogP contribution in [0.3, 0.4) is 0 Å². The predicted octanol–water partition coefficient (Wildman–Crippen LogP) is 4.21. The molecule has 3 nitrogen and oxygen atoms in total. The van der Waals surface area contributed by atoms with Gasteiger partial charge in [0.05, 0.1) is 5.41 Å². The van der Waals surface area contributed by atoms with Crippen molar-refractivity contribution in [2.75, 3.05) is 0 Å². The Morgan fingerprint density at radius 1 is 1.12 bits per heavy atom. The maximum absolute atomic E-state index is 12.8. The smallest absolute Gasteiger partial charge is 0.406 e. The number of carbonyl (C=O) groups excluding carboxylic acids is 1. The number of hydrogen-bond donors (Lipinski definition) is 0. The summed E-state index contributed by atoms with van der Waals surface area (Å²) in [6.07, 6.45) is -0.517. The summed E-state index contributed by atoms with van der Waals surface area (Å²) in [5.74, 6) is -0.227. The van der Waals surface area contributed by atoms with E-state index in [1.165, 1.54) is 12.1 Å². The second kappa shape index (κ2) is 6.26. The van der Waals surface area contributed by atoms with Crippen LogP contribution in [0.4, 0.5) is 13.2 Å². The molecule has 0 bridgehead atoms. The number of hydrogen-bond acceptors (Lipinski definition) is 3. The molecule has 0 aliphatic heterocycles. The van der Waals surface area contributed by atoms with Gasteiger partial charge in [-0.3, -0.25) is 9.78 Å². The largest absolute Gasteiger partial charge is 0.573 e. The molecule has 1 aromatic carbocycles. The third kappa shape index (κ3) is 3.42. The Morgan fingerprint density at radius 2 is 1.83 bits per heavy atom. The van der Waals surface area contributed by atoms with Gasteiger partial charge in [0, 0.05) is 18.3 Å². The van der Waals surface area contributed by atoms with Gasteiger partial charge >= 0.3 is 6.36 Å². The first-order valence-electron chi connectivity index (χ1n) is 7.69. The minimum atomic E-state index is -4.72. The second-order valence-electron chi connectivity index (χ2n) is 5.93. The van der Waals surface area contributed by atoms with Crippen molar-refractivity contribution in [2.45, 2.75) is 37.5 Å². The highest BCUT2D eigenvalue weighted by atomic mass is 19.4. The van der Waals surface area contributed by atoms with E-state index in [1.807, 2.05) is 6.07 Å². The zero-order valence-corrected chi connectivity index (χ0v) is 12.8. The Hall–Kier alpha value is -2.37. The molecule has 0 atom stereocenters. The number of nitrogens with zero attached hydrogens (tertiary/aromatic N) is 1. The summed E-state index contributed by atoms with van der Waals surface area (Å²) in [4.78, 5) is 17.0. The average molecular weight is 335 g/mol. The molecule has 6 heteroatoms. The van der Waals surface area contributed by atoms with Crippen LogP contribution in [0, 0.1) is 0 Å². The van der Waals surface area contributed by atoms with Gasteiger partial charge < -0.3 is 4.74 Å². The predicted molar refractivity (Wildman–Crippen MR) is 81.6 cm³/mol. The first-order valence-corrected chi connectivity index (χ1v) is 7.69. The van der Waals surface area contributed by atoms with E-state index in [0.717, 1.165) is 12.0 Å². The van der Waals surface area contributed by atoms with E-state index in [-0.39, 0.29) is 18.0 Å². The molecule has 0 N–H and O–H groups in total. The molecule has 2 aromatic rings. The Bertz CT molecular complexity index is 707. The fraction of sp³-hybridized carbons (Fsp3) is 0.333. The average Bonchev–Trinajstić information content (AvgIpc) is 2.47. The molecule has 24 heavy (non-hydrogen) atoms. The highest BCUT2D eigenvalue weighted by Crippen LogP contribution is 2.45. The quantitative estimate of drug-likeness (QED) is 0.821. The number of aromatic nitrogens is 1. The lowest BCUT2D eigenvalue weighted by molar-refractivity contribution is -0.274. The molecule has 1 heterocycles. The highest BCUT2D eigenvalue weighted by molar-refractivity contribution is 5.92. The van der Waals surface area contributed by atoms with Gasteiger partial charge in [0.25, 0.3) is 0 Å². The van der Waals surface area contributed by atoms with Crippen molar-refractivity contribution in [1.29, 1.82) is 0 Å². The molecule has 1 aliphatic rings. The number of rotatable bonds is 5. The first kappa shape index (κ1) is 16.5. The van der Waals surface area contributed by atoms with Gasteiger partial charge in [0.15, 0.2) is 0 Å². The minimum Gasteiger partial charge on any atom is -0.406 e. The second-order valence-corrected chi connectivity index (χ2v) is 5.93. The van der Waals surface area contributed by atoms with Crippen LogP contribution >= 0.6 is 0 Å². The molecule has 0 radical (unpaired) electrons. The number of pyridine rings is 1. The number of carbonyl (C=O) groups is 1. The number of benzene rings is 1. The van der Waals surface area contributed by atoms with Gasteiger partial charge in [-0.15, -0.1) is 13.2 Å². The van der Waals surface area contributed by atoms with Crippen molar-refractivity contribution in [3.63, 3.8) is 0 Å². The number of ketones is 1. The lowest BCUT2D eigenvalue weighted by atomic mass is 9.61. The van der Waals surface area contributed by atoms with Gasteiger partial charge in [-0.05, 0) is 42.7 Å². The summed E-state index contributed by atoms with van der Waals surface area (Å²) in [6.45, 7) is 0. The summed E-state index contributed by atoms with van der Waals surface area (Å²) >= 11 is 0. The Labute approximate surface area is 137 Å². The molecule has 1 aliphatic carbocycles. The van der Waals surface area contributed by atoms with E-state index in [4.69, 9.17) is 0 Å². The number of alkyl halides is 3. The van der Waals surface area contributed by atoms with Crippen molar-refractivity contribution >= 4 is 5.78 Å². The van der Waals surface area contributed by atoms with Crippen molar-refractivity contribution in [3.8, 4) is 5.75 Å². The molecule has 1 aromatic heterocycles. The summed E-state index contributed by atoms with van der Waals surface area (Å²) < 4.78 is 40.6. The number of Topliss-reactive ketones (excluding diaryl/α,β-unsaturated/α-hetero) is 1. The summed E-state index contributed by atoms with van der Waals surface area (Å²) in [6, 6.07) is 11.0. The third-order valence-electron chi connectivity index (χ3n) is 4.45. The molecule has 1 fully saturated rings. The SMILES string of the molecule is O=C(Cc1ccccn1)C1(c2ccc(OC(F)(F)F)cc2)CCC1. The monoisotopic (exact) mass is 335 g/mol. The van der Waals surface area contributed by atoms with Crippen LogP contribution in [0.15, 0.2) is 48.7 Å². The Kier molecular flexibility index (Phi) is 4.30. The van der Waals surface area contributed by atoms with Crippen LogP contribution < -0.4 is 4.74 Å². The topological polar surface area (TPSA) is 39.2 Å². The van der Waals surface area contributed by atoms with Crippen molar-refractivity contribution in [1.82, 2.24) is 4.98 Å². The summed E-state index contributed by atoms with van der Waals surface area (Å²) in [5, 5.41) is 0. The van der Waals surface area contributed by atoms with E-state index in [9.17, 15) is 18.0 Å². The van der Waals surface area contributed by atoms with Gasteiger partial charge in [-0.25, -0.2) is 0 Å². The molecule has 0 amide bonds. The fourth-order valence-corrected chi connectivity index (χ4v) is 3.07. The fourth-order valence-electron chi connectivity index (χ4n) is 3.07. The van der Waals surface area contributed by atoms with Gasteiger partial charge in [0.2, 0.25) is 0 Å². The number of halogens is 3. The lowest BCUT2D eigenvalue weighted by Crippen LogP contribution is -2.43. The van der Waals surface area contributed by atoms with E-state index < -0.39 is 11.8 Å². The van der Waals surface area contributed by atoms with Crippen LogP contribution in [0.25, 0.3) is 0 Å². The van der Waals surface area contributed by atoms with Crippen molar-refractivity contribution in [2.24, 2.45) is 0 Å². The standard InChI is InChI=1S/C18H16F3NO2/c19-18(20,21)24-15-7-5-13(6-8-15)17(9-3-10-17)16(23)12-14-4-1-2-11-22-14/h1-2,4-8,11H,3,9-10,12H2. The van der Waals surface area contributed by atoms with Crippen LogP contribution in [0.1, 0.15) is 30.5 Å². The van der Waals surface area contributed by atoms with Crippen molar-refractivity contribution in [3.05, 3.63) is 59.9 Å². The molecule has 3 rings (SSSR count).